The number of thioether (sulfide) groups is 1. The fourth-order valence-electron chi connectivity index (χ4n) is 3.04. The van der Waals surface area contributed by atoms with Crippen LogP contribution < -0.4 is 0 Å². The molecule has 0 aliphatic carbocycles. The number of carbonyl (C=O) groups is 2. The van der Waals surface area contributed by atoms with Gasteiger partial charge >= 0.3 is 5.97 Å². The van der Waals surface area contributed by atoms with E-state index in [0.29, 0.717) is 16.4 Å². The molecular weight excluding hydrogens is 376 g/mol. The van der Waals surface area contributed by atoms with Crippen LogP contribution in [0.25, 0.3) is 22.0 Å². The van der Waals surface area contributed by atoms with E-state index in [9.17, 15) is 9.59 Å². The van der Waals surface area contributed by atoms with Crippen LogP contribution in [0.2, 0.25) is 0 Å². The van der Waals surface area contributed by atoms with Gasteiger partial charge in [0, 0.05) is 22.7 Å². The van der Waals surface area contributed by atoms with Crippen LogP contribution in [0.1, 0.15) is 22.8 Å². The van der Waals surface area contributed by atoms with Crippen molar-refractivity contribution in [1.29, 1.82) is 0 Å². The van der Waals surface area contributed by atoms with E-state index in [2.05, 4.69) is 16.9 Å². The molecule has 0 fully saturated rings. The first-order valence-corrected chi connectivity index (χ1v) is 9.90. The fourth-order valence-corrected chi connectivity index (χ4v) is 3.68. The third-order valence-electron chi connectivity index (χ3n) is 4.44. The second-order valence-corrected chi connectivity index (χ2v) is 7.14. The molecule has 0 spiro atoms. The second-order valence-electron chi connectivity index (χ2n) is 6.22. The summed E-state index contributed by atoms with van der Waals surface area (Å²) in [6.45, 7) is 1.77. The summed E-state index contributed by atoms with van der Waals surface area (Å²) in [5, 5.41) is 1.24. The first-order valence-electron chi connectivity index (χ1n) is 8.92. The molecule has 0 bridgehead atoms. The van der Waals surface area contributed by atoms with Gasteiger partial charge in [0.15, 0.2) is 12.2 Å². The number of ether oxygens (including phenoxy) is 1. The number of aromatic nitrogens is 2. The summed E-state index contributed by atoms with van der Waals surface area (Å²) in [5.41, 5.74) is 4.03. The third kappa shape index (κ3) is 3.66. The molecular formula is C21H18N2O4S. The molecule has 0 atom stereocenters. The van der Waals surface area contributed by atoms with Crippen molar-refractivity contribution < 1.29 is 18.7 Å². The second kappa shape index (κ2) is 7.90. The molecule has 2 aromatic heterocycles. The number of oxazole rings is 1. The minimum absolute atomic E-state index is 0.0218. The van der Waals surface area contributed by atoms with E-state index in [-0.39, 0.29) is 18.1 Å². The number of rotatable bonds is 7. The molecule has 0 aliphatic rings. The highest BCUT2D eigenvalue weighted by Crippen LogP contribution is 2.24. The number of hydrogen-bond donors (Lipinski definition) is 1. The number of esters is 1. The third-order valence-corrected chi connectivity index (χ3v) is 5.24. The first kappa shape index (κ1) is 18.3. The van der Waals surface area contributed by atoms with Gasteiger partial charge in [-0.25, -0.2) is 4.98 Å². The molecule has 0 radical (unpaired) electrons. The van der Waals surface area contributed by atoms with Crippen molar-refractivity contribution in [3.63, 3.8) is 0 Å². The lowest BCUT2D eigenvalue weighted by Crippen LogP contribution is -2.15. The summed E-state index contributed by atoms with van der Waals surface area (Å²) in [5.74, 6) is -0.706. The predicted molar refractivity (Wildman–Crippen MR) is 108 cm³/mol. The Morgan fingerprint density at radius 3 is 2.86 bits per heavy atom. The number of ketones is 1. The highest BCUT2D eigenvalue weighted by atomic mass is 32.2. The lowest BCUT2D eigenvalue weighted by molar-refractivity contribution is -0.139. The van der Waals surface area contributed by atoms with Gasteiger partial charge in [-0.05, 0) is 24.1 Å². The summed E-state index contributed by atoms with van der Waals surface area (Å²) in [4.78, 5) is 31.9. The molecule has 2 heterocycles. The quantitative estimate of drug-likeness (QED) is 0.284. The number of Topliss-reactive ketones (excluding diaryl/α,β-unsaturated/α-hetero) is 1. The first-order chi connectivity index (χ1) is 13.7. The van der Waals surface area contributed by atoms with Crippen molar-refractivity contribution in [2.24, 2.45) is 0 Å². The lowest BCUT2D eigenvalue weighted by atomic mass is 10.1. The SMILES string of the molecule is CCc1cccc2c(C(=O)COC(=O)CSc3nc4ccccc4o3)c[nH]c12. The Hall–Kier alpha value is -3.06. The van der Waals surface area contributed by atoms with Crippen molar-refractivity contribution >= 4 is 45.5 Å². The zero-order chi connectivity index (χ0) is 19.5. The van der Waals surface area contributed by atoms with Crippen molar-refractivity contribution in [2.75, 3.05) is 12.4 Å². The van der Waals surface area contributed by atoms with Crippen molar-refractivity contribution in [2.45, 2.75) is 18.6 Å². The molecule has 28 heavy (non-hydrogen) atoms. The molecule has 4 aromatic rings. The lowest BCUT2D eigenvalue weighted by Gasteiger charge is -2.03. The summed E-state index contributed by atoms with van der Waals surface area (Å²) >= 11 is 1.14. The van der Waals surface area contributed by atoms with Crippen molar-refractivity contribution in [1.82, 2.24) is 9.97 Å². The minimum Gasteiger partial charge on any atom is -0.457 e. The average molecular weight is 394 g/mol. The van der Waals surface area contributed by atoms with Crippen LogP contribution >= 0.6 is 11.8 Å². The van der Waals surface area contributed by atoms with Gasteiger partial charge in [0.2, 0.25) is 5.78 Å². The zero-order valence-electron chi connectivity index (χ0n) is 15.2. The van der Waals surface area contributed by atoms with E-state index in [1.165, 1.54) is 0 Å². The van der Waals surface area contributed by atoms with E-state index in [4.69, 9.17) is 9.15 Å². The Balaban J connectivity index is 1.35. The van der Waals surface area contributed by atoms with Crippen LogP contribution in [0, 0.1) is 0 Å². The van der Waals surface area contributed by atoms with Gasteiger partial charge in [-0.15, -0.1) is 0 Å². The maximum Gasteiger partial charge on any atom is 0.316 e. The highest BCUT2D eigenvalue weighted by Gasteiger charge is 2.16. The molecule has 7 heteroatoms. The van der Waals surface area contributed by atoms with E-state index < -0.39 is 5.97 Å². The summed E-state index contributed by atoms with van der Waals surface area (Å²) in [6.07, 6.45) is 2.54. The smallest absolute Gasteiger partial charge is 0.316 e. The number of hydrogen-bond acceptors (Lipinski definition) is 6. The van der Waals surface area contributed by atoms with E-state index >= 15 is 0 Å². The Labute approximate surface area is 165 Å². The average Bonchev–Trinajstić information content (AvgIpc) is 3.34. The zero-order valence-corrected chi connectivity index (χ0v) is 16.0. The molecule has 0 saturated heterocycles. The van der Waals surface area contributed by atoms with E-state index in [1.54, 1.807) is 6.20 Å². The van der Waals surface area contributed by atoms with Crippen LogP contribution in [0.3, 0.4) is 0 Å². The molecule has 0 amide bonds. The van der Waals surface area contributed by atoms with Crippen molar-refractivity contribution in [3.05, 3.63) is 59.8 Å². The Kier molecular flexibility index (Phi) is 5.16. The molecule has 0 aliphatic heterocycles. The number of para-hydroxylation sites is 3. The highest BCUT2D eigenvalue weighted by molar-refractivity contribution is 7.99. The summed E-state index contributed by atoms with van der Waals surface area (Å²) < 4.78 is 10.7. The number of benzene rings is 2. The number of nitrogens with one attached hydrogen (secondary N) is 1. The van der Waals surface area contributed by atoms with Gasteiger partial charge in [0.25, 0.3) is 5.22 Å². The molecule has 6 nitrogen and oxygen atoms in total. The maximum absolute atomic E-state index is 12.5. The number of carbonyl (C=O) groups excluding carboxylic acids is 2. The van der Waals surface area contributed by atoms with E-state index in [0.717, 1.165) is 40.2 Å². The molecule has 1 N–H and O–H groups in total. The fraction of sp³-hybridized carbons (Fsp3) is 0.190. The standard InChI is InChI=1S/C21H18N2O4S/c1-2-13-6-5-7-14-15(10-22-20(13)14)17(24)11-26-19(25)12-28-21-23-16-8-3-4-9-18(16)27-21/h3-10,22H,2,11-12H2,1H3. The number of H-pyrrole nitrogens is 1. The van der Waals surface area contributed by atoms with Crippen LogP contribution in [-0.4, -0.2) is 34.1 Å². The topological polar surface area (TPSA) is 85.2 Å². The number of aryl methyl sites for hydroxylation is 1. The predicted octanol–water partition coefficient (Wildman–Crippen LogP) is 4.39. The largest absolute Gasteiger partial charge is 0.457 e. The molecule has 142 valence electrons. The molecule has 4 rings (SSSR count). The van der Waals surface area contributed by atoms with Gasteiger partial charge in [-0.1, -0.05) is 49.0 Å². The van der Waals surface area contributed by atoms with Gasteiger partial charge in [0.05, 0.1) is 0 Å². The van der Waals surface area contributed by atoms with Gasteiger partial charge < -0.3 is 14.1 Å². The van der Waals surface area contributed by atoms with Gasteiger partial charge in [0.1, 0.15) is 11.3 Å². The number of nitrogens with zero attached hydrogens (tertiary/aromatic N) is 1. The Bertz CT molecular complexity index is 1130. The van der Waals surface area contributed by atoms with Crippen molar-refractivity contribution in [3.8, 4) is 0 Å². The van der Waals surface area contributed by atoms with Crippen LogP contribution in [-0.2, 0) is 16.0 Å². The summed E-state index contributed by atoms with van der Waals surface area (Å²) in [7, 11) is 0. The van der Waals surface area contributed by atoms with Gasteiger partial charge in [-0.2, -0.15) is 0 Å². The van der Waals surface area contributed by atoms with Crippen LogP contribution in [0.15, 0.2) is 58.3 Å². The minimum atomic E-state index is -0.491. The van der Waals surface area contributed by atoms with Crippen LogP contribution in [0.5, 0.6) is 0 Å². The van der Waals surface area contributed by atoms with Gasteiger partial charge in [-0.3, -0.25) is 9.59 Å². The molecule has 0 unspecified atom stereocenters. The molecule has 2 aromatic carbocycles. The van der Waals surface area contributed by atoms with Crippen LogP contribution in [0.4, 0.5) is 0 Å². The Morgan fingerprint density at radius 1 is 1.18 bits per heavy atom. The maximum atomic E-state index is 12.5. The summed E-state index contributed by atoms with van der Waals surface area (Å²) in [6, 6.07) is 13.2. The number of aromatic amines is 1. The normalized spacial score (nSPS) is 11.2. The monoisotopic (exact) mass is 394 g/mol. The molecule has 0 saturated carbocycles. The number of fused-ring (bicyclic) bond motifs is 2. The Morgan fingerprint density at radius 2 is 2.04 bits per heavy atom. The van der Waals surface area contributed by atoms with E-state index in [1.807, 2.05) is 42.5 Å².